The predicted octanol–water partition coefficient (Wildman–Crippen LogP) is 3.09. The molecule has 1 amide bonds. The first kappa shape index (κ1) is 14.6. The maximum absolute atomic E-state index is 12.7. The van der Waals surface area contributed by atoms with Crippen molar-refractivity contribution in [2.45, 2.75) is 44.2 Å². The standard InChI is InChI=1S/C17H20N4OS/c22-16(15(12-6-7-12)11-4-2-1-3-5-11)18-10-14-19-20-17(23)21(14)13-8-9-13/h1-5,12-13,15H,6-10H2,(H,18,22)(H,20,23)/t15-/m1/s1. The average molecular weight is 328 g/mol. The largest absolute Gasteiger partial charge is 0.348 e. The normalized spacial score (nSPS) is 18.6. The van der Waals surface area contributed by atoms with Crippen molar-refractivity contribution in [2.75, 3.05) is 0 Å². The number of aromatic nitrogens is 3. The highest BCUT2D eigenvalue weighted by Gasteiger charge is 2.37. The maximum atomic E-state index is 12.7. The first-order chi connectivity index (χ1) is 11.2. The SMILES string of the molecule is O=C(NCc1n[nH]c(=S)n1C1CC1)[C@H](c1ccccc1)C1CC1. The van der Waals surface area contributed by atoms with E-state index in [1.54, 1.807) is 0 Å². The van der Waals surface area contributed by atoms with Crippen molar-refractivity contribution in [1.82, 2.24) is 20.1 Å². The van der Waals surface area contributed by atoms with Crippen molar-refractivity contribution in [3.05, 3.63) is 46.5 Å². The van der Waals surface area contributed by atoms with Crippen LogP contribution in [0.5, 0.6) is 0 Å². The maximum Gasteiger partial charge on any atom is 0.228 e. The number of rotatable bonds is 6. The zero-order chi connectivity index (χ0) is 15.8. The lowest BCUT2D eigenvalue weighted by Gasteiger charge is -2.16. The van der Waals surface area contributed by atoms with E-state index in [2.05, 4.69) is 15.5 Å². The van der Waals surface area contributed by atoms with Gasteiger partial charge in [0.05, 0.1) is 12.5 Å². The number of hydrogen-bond donors (Lipinski definition) is 2. The molecule has 1 atom stereocenters. The zero-order valence-corrected chi connectivity index (χ0v) is 13.7. The lowest BCUT2D eigenvalue weighted by atomic mass is 9.93. The van der Waals surface area contributed by atoms with Crippen LogP contribution in [0.3, 0.4) is 0 Å². The first-order valence-corrected chi connectivity index (χ1v) is 8.63. The van der Waals surface area contributed by atoms with Crippen LogP contribution in [-0.2, 0) is 11.3 Å². The lowest BCUT2D eigenvalue weighted by Crippen LogP contribution is -2.31. The van der Waals surface area contributed by atoms with Crippen molar-refractivity contribution in [3.63, 3.8) is 0 Å². The molecule has 0 bridgehead atoms. The van der Waals surface area contributed by atoms with Gasteiger partial charge in [0.2, 0.25) is 5.91 Å². The predicted molar refractivity (Wildman–Crippen MR) is 89.4 cm³/mol. The molecule has 5 nitrogen and oxygen atoms in total. The van der Waals surface area contributed by atoms with E-state index < -0.39 is 0 Å². The summed E-state index contributed by atoms with van der Waals surface area (Å²) in [5, 5.41) is 10.2. The molecule has 0 spiro atoms. The summed E-state index contributed by atoms with van der Waals surface area (Å²) < 4.78 is 2.70. The highest BCUT2D eigenvalue weighted by atomic mass is 32.1. The third kappa shape index (κ3) is 3.08. The topological polar surface area (TPSA) is 62.7 Å². The van der Waals surface area contributed by atoms with Gasteiger partial charge in [-0.2, -0.15) is 5.10 Å². The van der Waals surface area contributed by atoms with E-state index >= 15 is 0 Å². The van der Waals surface area contributed by atoms with Crippen molar-refractivity contribution >= 4 is 18.1 Å². The van der Waals surface area contributed by atoms with Gasteiger partial charge in [0.15, 0.2) is 10.6 Å². The number of hydrogen-bond acceptors (Lipinski definition) is 3. The van der Waals surface area contributed by atoms with E-state index in [9.17, 15) is 4.79 Å². The van der Waals surface area contributed by atoms with E-state index in [-0.39, 0.29) is 11.8 Å². The molecule has 6 heteroatoms. The number of H-pyrrole nitrogens is 1. The Labute approximate surface area is 140 Å². The molecule has 2 aliphatic carbocycles. The molecule has 0 saturated heterocycles. The van der Waals surface area contributed by atoms with Gasteiger partial charge in [-0.25, -0.2) is 0 Å². The van der Waals surface area contributed by atoms with E-state index in [0.29, 0.717) is 23.3 Å². The lowest BCUT2D eigenvalue weighted by molar-refractivity contribution is -0.123. The summed E-state index contributed by atoms with van der Waals surface area (Å²) in [6.45, 7) is 0.429. The molecule has 1 heterocycles. The summed E-state index contributed by atoms with van der Waals surface area (Å²) in [4.78, 5) is 12.7. The van der Waals surface area contributed by atoms with E-state index in [4.69, 9.17) is 12.2 Å². The Hall–Kier alpha value is -1.95. The molecule has 0 unspecified atom stereocenters. The van der Waals surface area contributed by atoms with Crippen LogP contribution >= 0.6 is 12.2 Å². The third-order valence-corrected chi connectivity index (χ3v) is 4.93. The number of amides is 1. The molecule has 0 aliphatic heterocycles. The van der Waals surface area contributed by atoms with Gasteiger partial charge >= 0.3 is 0 Å². The smallest absolute Gasteiger partial charge is 0.228 e. The summed E-state index contributed by atoms with van der Waals surface area (Å²) >= 11 is 5.28. The molecule has 120 valence electrons. The third-order valence-electron chi connectivity index (χ3n) is 4.64. The van der Waals surface area contributed by atoms with Crippen LogP contribution in [0.25, 0.3) is 0 Å². The van der Waals surface area contributed by atoms with Crippen LogP contribution < -0.4 is 5.32 Å². The number of aromatic amines is 1. The second-order valence-corrected chi connectivity index (χ2v) is 6.88. The van der Waals surface area contributed by atoms with Crippen LogP contribution in [0.2, 0.25) is 0 Å². The van der Waals surface area contributed by atoms with Gasteiger partial charge in [0, 0.05) is 6.04 Å². The van der Waals surface area contributed by atoms with Crippen molar-refractivity contribution in [2.24, 2.45) is 5.92 Å². The fourth-order valence-electron chi connectivity index (χ4n) is 3.17. The molecule has 2 aliphatic rings. The van der Waals surface area contributed by atoms with Crippen molar-refractivity contribution in [3.8, 4) is 0 Å². The number of carbonyl (C=O) groups is 1. The summed E-state index contributed by atoms with van der Waals surface area (Å²) in [5.41, 5.74) is 1.11. The highest BCUT2D eigenvalue weighted by Crippen LogP contribution is 2.42. The Morgan fingerprint density at radius 3 is 2.70 bits per heavy atom. The molecule has 1 aromatic heterocycles. The second kappa shape index (κ2) is 5.92. The van der Waals surface area contributed by atoms with Gasteiger partial charge in [0.1, 0.15) is 0 Å². The minimum absolute atomic E-state index is 0.0486. The first-order valence-electron chi connectivity index (χ1n) is 8.22. The zero-order valence-electron chi connectivity index (χ0n) is 12.9. The molecule has 23 heavy (non-hydrogen) atoms. The van der Waals surface area contributed by atoms with Gasteiger partial charge in [-0.15, -0.1) is 0 Å². The fourth-order valence-corrected chi connectivity index (χ4v) is 3.48. The summed E-state index contributed by atoms with van der Waals surface area (Å²) in [6.07, 6.45) is 4.55. The van der Waals surface area contributed by atoms with Gasteiger partial charge in [-0.05, 0) is 49.4 Å². The van der Waals surface area contributed by atoms with E-state index in [1.165, 1.54) is 0 Å². The van der Waals surface area contributed by atoms with Gasteiger partial charge in [-0.3, -0.25) is 14.5 Å². The Bertz CT molecular complexity index is 758. The van der Waals surface area contributed by atoms with Gasteiger partial charge < -0.3 is 5.32 Å². The minimum Gasteiger partial charge on any atom is -0.348 e. The Morgan fingerprint density at radius 1 is 1.30 bits per heavy atom. The quantitative estimate of drug-likeness (QED) is 0.801. The number of nitrogens with one attached hydrogen (secondary N) is 2. The summed E-state index contributed by atoms with van der Waals surface area (Å²) in [7, 11) is 0. The molecular formula is C17H20N4OS. The Morgan fingerprint density at radius 2 is 2.04 bits per heavy atom. The van der Waals surface area contributed by atoms with Crippen LogP contribution in [0.15, 0.2) is 30.3 Å². The molecule has 2 fully saturated rings. The summed E-state index contributed by atoms with van der Waals surface area (Å²) in [5.74, 6) is 1.34. The molecule has 1 aromatic carbocycles. The molecular weight excluding hydrogens is 308 g/mol. The average Bonchev–Trinajstić information content (AvgIpc) is 3.47. The number of carbonyl (C=O) groups excluding carboxylic acids is 1. The summed E-state index contributed by atoms with van der Waals surface area (Å²) in [6, 6.07) is 10.5. The molecule has 2 saturated carbocycles. The Balaban J connectivity index is 1.48. The number of benzene rings is 1. The van der Waals surface area contributed by atoms with Crippen LogP contribution in [0, 0.1) is 10.7 Å². The van der Waals surface area contributed by atoms with Gasteiger partial charge in [-0.1, -0.05) is 30.3 Å². The molecule has 4 rings (SSSR count). The van der Waals surface area contributed by atoms with Crippen molar-refractivity contribution in [1.29, 1.82) is 0 Å². The molecule has 2 N–H and O–H groups in total. The highest BCUT2D eigenvalue weighted by molar-refractivity contribution is 7.71. The Kier molecular flexibility index (Phi) is 3.77. The minimum atomic E-state index is -0.0486. The molecule has 0 radical (unpaired) electrons. The van der Waals surface area contributed by atoms with Crippen molar-refractivity contribution < 1.29 is 4.79 Å². The van der Waals surface area contributed by atoms with Crippen LogP contribution in [0.1, 0.15) is 49.0 Å². The number of nitrogens with zero attached hydrogens (tertiary/aromatic N) is 2. The van der Waals surface area contributed by atoms with E-state index in [1.807, 2.05) is 34.9 Å². The monoisotopic (exact) mass is 328 g/mol. The van der Waals surface area contributed by atoms with E-state index in [0.717, 1.165) is 37.1 Å². The van der Waals surface area contributed by atoms with Crippen LogP contribution in [-0.4, -0.2) is 20.7 Å². The second-order valence-electron chi connectivity index (χ2n) is 6.49. The molecule has 2 aromatic rings. The van der Waals surface area contributed by atoms with Crippen LogP contribution in [0.4, 0.5) is 0 Å². The fraction of sp³-hybridized carbons (Fsp3) is 0.471. The van der Waals surface area contributed by atoms with Gasteiger partial charge in [0.25, 0.3) is 0 Å².